The Morgan fingerprint density at radius 1 is 1.50 bits per heavy atom. The first-order chi connectivity index (χ1) is 4.45. The van der Waals surface area contributed by atoms with Crippen LogP contribution in [0.25, 0.3) is 0 Å². The number of nitrogens with two attached hydrogens (primary N) is 1. The van der Waals surface area contributed by atoms with E-state index in [1.807, 2.05) is 0 Å². The lowest BCUT2D eigenvalue weighted by atomic mass is 10.1. The van der Waals surface area contributed by atoms with E-state index >= 15 is 0 Å². The summed E-state index contributed by atoms with van der Waals surface area (Å²) in [5.41, 5.74) is 5.56. The van der Waals surface area contributed by atoms with Crippen molar-refractivity contribution in [1.82, 2.24) is 5.32 Å². The minimum absolute atomic E-state index is 0.0447. The van der Waals surface area contributed by atoms with Gasteiger partial charge in [0.15, 0.2) is 0 Å². The van der Waals surface area contributed by atoms with Crippen LogP contribution >= 0.6 is 0 Å². The van der Waals surface area contributed by atoms with Gasteiger partial charge in [0.1, 0.15) is 0 Å². The second-order valence-corrected chi connectivity index (χ2v) is 3.57. The highest BCUT2D eigenvalue weighted by atomic mass is 16.3. The molecule has 0 aromatic rings. The first kappa shape index (κ1) is 9.88. The zero-order chi connectivity index (χ0) is 8.20. The molecule has 4 N–H and O–H groups in total. The average Bonchev–Trinajstić information content (AvgIpc) is 1.81. The van der Waals surface area contributed by atoms with Crippen LogP contribution in [0.1, 0.15) is 20.8 Å². The van der Waals surface area contributed by atoms with Crippen LogP contribution in [0.5, 0.6) is 0 Å². The monoisotopic (exact) mass is 146 g/mol. The Morgan fingerprint density at radius 3 is 2.30 bits per heavy atom. The van der Waals surface area contributed by atoms with Crippen LogP contribution in [-0.4, -0.2) is 29.8 Å². The predicted octanol–water partition coefficient (Wildman–Crippen LogP) is -0.306. The number of aliphatic hydroxyl groups is 1. The zero-order valence-electron chi connectivity index (χ0n) is 7.02. The molecule has 1 unspecified atom stereocenters. The lowest BCUT2D eigenvalue weighted by molar-refractivity contribution is 0.253. The van der Waals surface area contributed by atoms with Gasteiger partial charge in [-0.1, -0.05) is 0 Å². The summed E-state index contributed by atoms with van der Waals surface area (Å²) in [7, 11) is 0. The number of rotatable bonds is 3. The van der Waals surface area contributed by atoms with Crippen molar-refractivity contribution in [3.8, 4) is 0 Å². The van der Waals surface area contributed by atoms with Gasteiger partial charge in [-0.2, -0.15) is 0 Å². The topological polar surface area (TPSA) is 58.3 Å². The van der Waals surface area contributed by atoms with Crippen molar-refractivity contribution in [2.45, 2.75) is 32.4 Å². The molecule has 0 bridgehead atoms. The number of hydrogen-bond acceptors (Lipinski definition) is 3. The molecule has 62 valence electrons. The van der Waals surface area contributed by atoms with Gasteiger partial charge in [-0.15, -0.1) is 0 Å². The fourth-order valence-electron chi connectivity index (χ4n) is 0.502. The van der Waals surface area contributed by atoms with Gasteiger partial charge in [-0.3, -0.25) is 0 Å². The van der Waals surface area contributed by atoms with E-state index in [-0.39, 0.29) is 18.2 Å². The van der Waals surface area contributed by atoms with Gasteiger partial charge >= 0.3 is 0 Å². The third kappa shape index (κ3) is 6.01. The summed E-state index contributed by atoms with van der Waals surface area (Å²) in [6.07, 6.45) is 0. The fraction of sp³-hybridized carbons (Fsp3) is 1.00. The van der Waals surface area contributed by atoms with Gasteiger partial charge < -0.3 is 16.2 Å². The Hall–Kier alpha value is -0.120. The van der Waals surface area contributed by atoms with Gasteiger partial charge in [0.2, 0.25) is 0 Å². The van der Waals surface area contributed by atoms with E-state index < -0.39 is 0 Å². The summed E-state index contributed by atoms with van der Waals surface area (Å²) in [5.74, 6) is 0. The largest absolute Gasteiger partial charge is 0.395 e. The van der Waals surface area contributed by atoms with Gasteiger partial charge in [-0.25, -0.2) is 0 Å². The normalized spacial score (nSPS) is 15.3. The van der Waals surface area contributed by atoms with Gasteiger partial charge in [0, 0.05) is 18.1 Å². The molecule has 0 fully saturated rings. The predicted molar refractivity (Wildman–Crippen MR) is 42.8 cm³/mol. The number of aliphatic hydroxyl groups excluding tert-OH is 1. The van der Waals surface area contributed by atoms with E-state index in [4.69, 9.17) is 10.8 Å². The van der Waals surface area contributed by atoms with Crippen molar-refractivity contribution in [2.75, 3.05) is 13.2 Å². The molecule has 0 saturated carbocycles. The van der Waals surface area contributed by atoms with Crippen LogP contribution in [0.3, 0.4) is 0 Å². The van der Waals surface area contributed by atoms with E-state index in [0.29, 0.717) is 6.54 Å². The molecule has 0 aliphatic rings. The summed E-state index contributed by atoms with van der Waals surface area (Å²) in [5, 5.41) is 11.8. The number of nitrogens with one attached hydrogen (secondary N) is 1. The maximum absolute atomic E-state index is 8.57. The summed E-state index contributed by atoms with van der Waals surface area (Å²) in [4.78, 5) is 0. The molecule has 0 aromatic carbocycles. The van der Waals surface area contributed by atoms with Crippen molar-refractivity contribution in [3.63, 3.8) is 0 Å². The molecule has 0 saturated heterocycles. The molecule has 0 spiro atoms. The Kier molecular flexibility index (Phi) is 3.86. The second-order valence-electron chi connectivity index (χ2n) is 3.57. The smallest absolute Gasteiger partial charge is 0.0594 e. The van der Waals surface area contributed by atoms with E-state index in [2.05, 4.69) is 26.1 Å². The van der Waals surface area contributed by atoms with E-state index in [9.17, 15) is 0 Å². The quantitative estimate of drug-likeness (QED) is 0.512. The Labute approximate surface area is 62.6 Å². The van der Waals surface area contributed by atoms with Gasteiger partial charge in [0.05, 0.1) is 6.61 Å². The van der Waals surface area contributed by atoms with E-state index in [1.54, 1.807) is 0 Å². The lowest BCUT2D eigenvalue weighted by Crippen LogP contribution is -2.45. The maximum Gasteiger partial charge on any atom is 0.0594 e. The van der Waals surface area contributed by atoms with Gasteiger partial charge in [-0.05, 0) is 20.8 Å². The Morgan fingerprint density at radius 2 is 2.00 bits per heavy atom. The van der Waals surface area contributed by atoms with Crippen molar-refractivity contribution >= 4 is 0 Å². The summed E-state index contributed by atoms with van der Waals surface area (Å²) >= 11 is 0. The third-order valence-electron chi connectivity index (χ3n) is 1.13. The van der Waals surface area contributed by atoms with E-state index in [0.717, 1.165) is 0 Å². The first-order valence-electron chi connectivity index (χ1n) is 3.57. The fourth-order valence-corrected chi connectivity index (χ4v) is 0.502. The molecule has 0 rings (SSSR count). The minimum atomic E-state index is -0.140. The van der Waals surface area contributed by atoms with Gasteiger partial charge in [0.25, 0.3) is 0 Å². The highest BCUT2D eigenvalue weighted by molar-refractivity contribution is 4.73. The van der Waals surface area contributed by atoms with Crippen LogP contribution in [-0.2, 0) is 0 Å². The maximum atomic E-state index is 8.57. The summed E-state index contributed by atoms with van der Waals surface area (Å²) in [6.45, 7) is 6.91. The molecular formula is C7H18N2O. The molecule has 1 atom stereocenters. The molecule has 10 heavy (non-hydrogen) atoms. The van der Waals surface area contributed by atoms with Crippen LogP contribution in [0, 0.1) is 0 Å². The highest BCUT2D eigenvalue weighted by Gasteiger charge is 2.09. The van der Waals surface area contributed by atoms with Crippen molar-refractivity contribution in [3.05, 3.63) is 0 Å². The molecule has 0 radical (unpaired) electrons. The minimum Gasteiger partial charge on any atom is -0.395 e. The van der Waals surface area contributed by atoms with Crippen LogP contribution in [0.4, 0.5) is 0 Å². The summed E-state index contributed by atoms with van der Waals surface area (Å²) in [6, 6.07) is -0.140. The van der Waals surface area contributed by atoms with Crippen molar-refractivity contribution in [2.24, 2.45) is 5.73 Å². The molecule has 0 aliphatic heterocycles. The Bertz CT molecular complexity index is 88.1. The molecule has 0 heterocycles. The SMILES string of the molecule is CC(C)(C)NCC(N)CO. The van der Waals surface area contributed by atoms with Crippen molar-refractivity contribution < 1.29 is 5.11 Å². The van der Waals surface area contributed by atoms with Crippen LogP contribution < -0.4 is 11.1 Å². The second kappa shape index (κ2) is 3.91. The Balaban J connectivity index is 3.36. The molecule has 3 nitrogen and oxygen atoms in total. The third-order valence-corrected chi connectivity index (χ3v) is 1.13. The number of hydrogen-bond donors (Lipinski definition) is 3. The molecule has 0 amide bonds. The molecule has 0 aromatic heterocycles. The molecular weight excluding hydrogens is 128 g/mol. The van der Waals surface area contributed by atoms with Crippen molar-refractivity contribution in [1.29, 1.82) is 0 Å². The first-order valence-corrected chi connectivity index (χ1v) is 3.57. The van der Waals surface area contributed by atoms with E-state index in [1.165, 1.54) is 0 Å². The summed E-state index contributed by atoms with van der Waals surface area (Å²) < 4.78 is 0. The highest BCUT2D eigenvalue weighted by Crippen LogP contribution is 1.97. The lowest BCUT2D eigenvalue weighted by Gasteiger charge is -2.22. The zero-order valence-corrected chi connectivity index (χ0v) is 7.02. The van der Waals surface area contributed by atoms with Crippen LogP contribution in [0.15, 0.2) is 0 Å². The van der Waals surface area contributed by atoms with Crippen LogP contribution in [0.2, 0.25) is 0 Å². The standard InChI is InChI=1S/C7H18N2O/c1-7(2,3)9-4-6(8)5-10/h6,9-10H,4-5,8H2,1-3H3. The molecule has 3 heteroatoms. The molecule has 0 aliphatic carbocycles. The average molecular weight is 146 g/mol.